The van der Waals surface area contributed by atoms with Gasteiger partial charge in [-0.05, 0) is 23.3 Å². The van der Waals surface area contributed by atoms with Crippen LogP contribution in [0, 0.1) is 0 Å². The molecule has 1 aliphatic heterocycles. The quantitative estimate of drug-likeness (QED) is 0.728. The average Bonchev–Trinajstić information content (AvgIpc) is 3.08. The number of rotatable bonds is 2. The van der Waals surface area contributed by atoms with Crippen LogP contribution in [0.15, 0.2) is 66.0 Å². The zero-order chi connectivity index (χ0) is 16.5. The first-order valence-electron chi connectivity index (χ1n) is 7.86. The van der Waals surface area contributed by atoms with Crippen LogP contribution in [0.25, 0.3) is 11.0 Å². The van der Waals surface area contributed by atoms with Gasteiger partial charge < -0.3 is 0 Å². The van der Waals surface area contributed by atoms with Crippen LogP contribution < -0.4 is 0 Å². The van der Waals surface area contributed by atoms with Crippen molar-refractivity contribution >= 4 is 22.7 Å². The first-order valence-corrected chi connectivity index (χ1v) is 7.86. The molecule has 0 N–H and O–H groups in total. The van der Waals surface area contributed by atoms with Gasteiger partial charge in [0.15, 0.2) is 0 Å². The van der Waals surface area contributed by atoms with Crippen LogP contribution in [0.2, 0.25) is 0 Å². The van der Waals surface area contributed by atoms with Gasteiger partial charge >= 0.3 is 0 Å². The number of nitrogens with zero attached hydrogens (tertiary/aromatic N) is 4. The highest BCUT2D eigenvalue weighted by Gasteiger charge is 2.31. The van der Waals surface area contributed by atoms with Crippen LogP contribution >= 0.6 is 0 Å². The summed E-state index contributed by atoms with van der Waals surface area (Å²) in [6, 6.07) is 15.8. The predicted molar refractivity (Wildman–Crippen MR) is 92.4 cm³/mol. The molecule has 0 saturated carbocycles. The minimum absolute atomic E-state index is 0.0647. The fourth-order valence-electron chi connectivity index (χ4n) is 3.05. The topological polar surface area (TPSA) is 58.5 Å². The monoisotopic (exact) mass is 316 g/mol. The third-order valence-electron chi connectivity index (χ3n) is 4.22. The van der Waals surface area contributed by atoms with Gasteiger partial charge in [-0.15, -0.1) is 0 Å². The molecule has 0 aliphatic carbocycles. The van der Waals surface area contributed by atoms with E-state index >= 15 is 0 Å². The molecule has 0 fully saturated rings. The fourth-order valence-corrected chi connectivity index (χ4v) is 3.05. The summed E-state index contributed by atoms with van der Waals surface area (Å²) in [6.45, 7) is 1.55. The largest absolute Gasteiger partial charge is 0.273 e. The van der Waals surface area contributed by atoms with Gasteiger partial charge in [0.1, 0.15) is 0 Å². The van der Waals surface area contributed by atoms with Crippen LogP contribution in [0.4, 0.5) is 0 Å². The second-order valence-electron chi connectivity index (χ2n) is 5.80. The van der Waals surface area contributed by atoms with Gasteiger partial charge in [-0.2, -0.15) is 5.10 Å². The van der Waals surface area contributed by atoms with Gasteiger partial charge in [0, 0.05) is 25.7 Å². The molecule has 4 rings (SSSR count). The lowest BCUT2D eigenvalue weighted by molar-refractivity contribution is -0.130. The molecule has 1 atom stereocenters. The van der Waals surface area contributed by atoms with Crippen molar-refractivity contribution < 1.29 is 4.79 Å². The van der Waals surface area contributed by atoms with Gasteiger partial charge in [-0.25, -0.2) is 5.01 Å². The Morgan fingerprint density at radius 3 is 2.54 bits per heavy atom. The number of hydrazone groups is 1. The van der Waals surface area contributed by atoms with E-state index < -0.39 is 0 Å². The Kier molecular flexibility index (Phi) is 3.54. The van der Waals surface area contributed by atoms with Crippen molar-refractivity contribution in [2.24, 2.45) is 5.10 Å². The molecule has 3 aromatic rings. The van der Waals surface area contributed by atoms with Gasteiger partial charge in [-0.3, -0.25) is 14.8 Å². The summed E-state index contributed by atoms with van der Waals surface area (Å²) in [5, 5.41) is 6.13. The van der Waals surface area contributed by atoms with Gasteiger partial charge in [0.25, 0.3) is 0 Å². The Hall–Kier alpha value is -3.08. The molecule has 24 heavy (non-hydrogen) atoms. The standard InChI is InChI=1S/C19H16N4O/c1-13(24)23-19(12-17(22-23)14-5-3-2-4-6-14)15-7-8-16-18(11-15)21-10-9-20-16/h2-11,19H,12H2,1H3. The summed E-state index contributed by atoms with van der Waals surface area (Å²) in [7, 11) is 0. The molecule has 5 nitrogen and oxygen atoms in total. The van der Waals surface area contributed by atoms with Gasteiger partial charge in [0.05, 0.1) is 22.8 Å². The zero-order valence-electron chi connectivity index (χ0n) is 13.3. The van der Waals surface area contributed by atoms with E-state index in [1.54, 1.807) is 24.3 Å². The minimum Gasteiger partial charge on any atom is -0.273 e. The number of amides is 1. The first kappa shape index (κ1) is 14.5. The van der Waals surface area contributed by atoms with Crippen molar-refractivity contribution in [3.05, 3.63) is 72.1 Å². The highest BCUT2D eigenvalue weighted by Crippen LogP contribution is 2.33. The van der Waals surface area contributed by atoms with E-state index in [1.165, 1.54) is 0 Å². The maximum absolute atomic E-state index is 12.1. The van der Waals surface area contributed by atoms with Crippen LogP contribution in [-0.2, 0) is 4.79 Å². The molecule has 5 heteroatoms. The average molecular weight is 316 g/mol. The maximum atomic E-state index is 12.1. The van der Waals surface area contributed by atoms with Crippen LogP contribution in [0.1, 0.15) is 30.5 Å². The zero-order valence-corrected chi connectivity index (χ0v) is 13.3. The molecule has 1 aliphatic rings. The summed E-state index contributed by atoms with van der Waals surface area (Å²) in [6.07, 6.45) is 4.04. The smallest absolute Gasteiger partial charge is 0.240 e. The third-order valence-corrected chi connectivity index (χ3v) is 4.22. The van der Waals surface area contributed by atoms with Crippen molar-refractivity contribution in [2.45, 2.75) is 19.4 Å². The van der Waals surface area contributed by atoms with E-state index in [1.807, 2.05) is 48.5 Å². The van der Waals surface area contributed by atoms with E-state index in [2.05, 4.69) is 15.1 Å². The number of carbonyl (C=O) groups is 1. The second-order valence-corrected chi connectivity index (χ2v) is 5.80. The maximum Gasteiger partial charge on any atom is 0.240 e. The number of aromatic nitrogens is 2. The van der Waals surface area contributed by atoms with E-state index in [4.69, 9.17) is 0 Å². The summed E-state index contributed by atoms with van der Waals surface area (Å²) >= 11 is 0. The van der Waals surface area contributed by atoms with Crippen molar-refractivity contribution in [3.8, 4) is 0 Å². The molecule has 1 unspecified atom stereocenters. The van der Waals surface area contributed by atoms with Crippen LogP contribution in [-0.4, -0.2) is 26.6 Å². The first-order chi connectivity index (χ1) is 11.7. The van der Waals surface area contributed by atoms with Crippen molar-refractivity contribution in [3.63, 3.8) is 0 Å². The van der Waals surface area contributed by atoms with Gasteiger partial charge in [0.2, 0.25) is 5.91 Å². The van der Waals surface area contributed by atoms with Crippen LogP contribution in [0.5, 0.6) is 0 Å². The Balaban J connectivity index is 1.72. The van der Waals surface area contributed by atoms with E-state index in [-0.39, 0.29) is 11.9 Å². The van der Waals surface area contributed by atoms with Crippen molar-refractivity contribution in [1.29, 1.82) is 0 Å². The SMILES string of the molecule is CC(=O)N1N=C(c2ccccc2)CC1c1ccc2nccnc2c1. The highest BCUT2D eigenvalue weighted by atomic mass is 16.2. The van der Waals surface area contributed by atoms with E-state index in [9.17, 15) is 4.79 Å². The second kappa shape index (κ2) is 5.85. The Morgan fingerprint density at radius 1 is 1.04 bits per heavy atom. The van der Waals surface area contributed by atoms with Crippen molar-refractivity contribution in [1.82, 2.24) is 15.0 Å². The van der Waals surface area contributed by atoms with Crippen LogP contribution in [0.3, 0.4) is 0 Å². The highest BCUT2D eigenvalue weighted by molar-refractivity contribution is 6.03. The lowest BCUT2D eigenvalue weighted by atomic mass is 9.98. The molecule has 0 saturated heterocycles. The van der Waals surface area contributed by atoms with Gasteiger partial charge in [-0.1, -0.05) is 36.4 Å². The predicted octanol–water partition coefficient (Wildman–Crippen LogP) is 3.33. The molecule has 1 amide bonds. The number of benzene rings is 2. The minimum atomic E-state index is -0.107. The molecule has 0 radical (unpaired) electrons. The summed E-state index contributed by atoms with van der Waals surface area (Å²) in [4.78, 5) is 20.7. The molecular weight excluding hydrogens is 300 g/mol. The summed E-state index contributed by atoms with van der Waals surface area (Å²) in [5.74, 6) is -0.0647. The molecule has 0 bridgehead atoms. The van der Waals surface area contributed by atoms with E-state index in [0.717, 1.165) is 27.9 Å². The Bertz CT molecular complexity index is 936. The third kappa shape index (κ3) is 2.54. The summed E-state index contributed by atoms with van der Waals surface area (Å²) < 4.78 is 0. The molecule has 118 valence electrons. The lowest BCUT2D eigenvalue weighted by Crippen LogP contribution is -2.24. The fraction of sp³-hybridized carbons (Fsp3) is 0.158. The number of carbonyl (C=O) groups excluding carboxylic acids is 1. The molecule has 2 heterocycles. The van der Waals surface area contributed by atoms with Crippen molar-refractivity contribution in [2.75, 3.05) is 0 Å². The molecular formula is C19H16N4O. The summed E-state index contributed by atoms with van der Waals surface area (Å²) in [5.41, 5.74) is 4.67. The van der Waals surface area contributed by atoms with E-state index in [0.29, 0.717) is 6.42 Å². The Morgan fingerprint density at radius 2 is 1.79 bits per heavy atom. The number of hydrogen-bond acceptors (Lipinski definition) is 4. The lowest BCUT2D eigenvalue weighted by Gasteiger charge is -2.20. The normalized spacial score (nSPS) is 17.1. The molecule has 2 aromatic carbocycles. The Labute approximate surface area is 139 Å². The number of fused-ring (bicyclic) bond motifs is 1. The molecule has 0 spiro atoms. The molecule has 1 aromatic heterocycles. The number of hydrogen-bond donors (Lipinski definition) is 0.